The first kappa shape index (κ1) is 16.3. The molecule has 108 valence electrons. The zero-order chi connectivity index (χ0) is 15.3. The minimum absolute atomic E-state index is 0.0830. The maximum atomic E-state index is 11.8. The number of amides is 1. The van der Waals surface area contributed by atoms with Crippen LogP contribution in [0.2, 0.25) is 0 Å². The van der Waals surface area contributed by atoms with Gasteiger partial charge < -0.3 is 11.1 Å². The van der Waals surface area contributed by atoms with Crippen molar-refractivity contribution in [2.45, 2.75) is 51.6 Å². The third-order valence-corrected chi connectivity index (χ3v) is 3.31. The van der Waals surface area contributed by atoms with Gasteiger partial charge in [0.25, 0.3) is 0 Å². The topological polar surface area (TPSA) is 55.1 Å². The summed E-state index contributed by atoms with van der Waals surface area (Å²) in [6, 6.07) is 7.55. The average Bonchev–Trinajstić information content (AvgIpc) is 2.38. The lowest BCUT2D eigenvalue weighted by molar-refractivity contribution is -0.122. The summed E-state index contributed by atoms with van der Waals surface area (Å²) >= 11 is 0. The fourth-order valence-corrected chi connectivity index (χ4v) is 1.90. The van der Waals surface area contributed by atoms with Gasteiger partial charge >= 0.3 is 0 Å². The average molecular weight is 272 g/mol. The van der Waals surface area contributed by atoms with Gasteiger partial charge in [0, 0.05) is 6.42 Å². The van der Waals surface area contributed by atoms with Gasteiger partial charge in [-0.2, -0.15) is 0 Å². The van der Waals surface area contributed by atoms with E-state index in [-0.39, 0.29) is 23.8 Å². The molecule has 0 aliphatic rings. The van der Waals surface area contributed by atoms with Gasteiger partial charge in [-0.1, -0.05) is 45.0 Å². The molecule has 1 rings (SSSR count). The molecule has 1 aromatic carbocycles. The fourth-order valence-electron chi connectivity index (χ4n) is 1.90. The summed E-state index contributed by atoms with van der Waals surface area (Å²) in [7, 11) is 0. The van der Waals surface area contributed by atoms with Crippen LogP contribution in [0, 0.1) is 12.3 Å². The molecule has 2 atom stereocenters. The van der Waals surface area contributed by atoms with E-state index in [9.17, 15) is 4.79 Å². The Kier molecular flexibility index (Phi) is 5.35. The number of hydrogen-bond acceptors (Lipinski definition) is 2. The molecule has 0 aliphatic carbocycles. The van der Waals surface area contributed by atoms with E-state index in [1.54, 1.807) is 0 Å². The summed E-state index contributed by atoms with van der Waals surface area (Å²) in [5.41, 5.74) is 8.13. The zero-order valence-corrected chi connectivity index (χ0v) is 12.7. The predicted molar refractivity (Wildman–Crippen MR) is 83.1 cm³/mol. The van der Waals surface area contributed by atoms with Gasteiger partial charge in [0.2, 0.25) is 5.91 Å². The summed E-state index contributed by atoms with van der Waals surface area (Å²) in [4.78, 5) is 11.8. The van der Waals surface area contributed by atoms with Crippen LogP contribution in [-0.2, 0) is 10.2 Å². The molecule has 1 aromatic rings. The second kappa shape index (κ2) is 6.58. The van der Waals surface area contributed by atoms with Gasteiger partial charge in [-0.25, -0.2) is 0 Å². The minimum Gasteiger partial charge on any atom is -0.348 e. The molecule has 1 amide bonds. The smallest absolute Gasteiger partial charge is 0.238 e. The van der Waals surface area contributed by atoms with Gasteiger partial charge in [0.1, 0.15) is 0 Å². The van der Waals surface area contributed by atoms with Crippen LogP contribution < -0.4 is 11.1 Å². The van der Waals surface area contributed by atoms with E-state index < -0.39 is 6.04 Å². The molecule has 3 nitrogen and oxygen atoms in total. The van der Waals surface area contributed by atoms with Gasteiger partial charge in [0.15, 0.2) is 0 Å². The van der Waals surface area contributed by atoms with Gasteiger partial charge in [-0.15, -0.1) is 12.3 Å². The highest BCUT2D eigenvalue weighted by molar-refractivity contribution is 5.82. The first-order valence-corrected chi connectivity index (χ1v) is 6.85. The predicted octanol–water partition coefficient (Wildman–Crippen LogP) is 2.51. The number of terminal acetylenes is 1. The number of rotatable bonds is 4. The van der Waals surface area contributed by atoms with Crippen molar-refractivity contribution in [1.29, 1.82) is 0 Å². The number of nitrogens with two attached hydrogens (primary N) is 1. The van der Waals surface area contributed by atoms with E-state index in [2.05, 4.69) is 44.1 Å². The quantitative estimate of drug-likeness (QED) is 0.827. The normalized spacial score (nSPS) is 14.2. The lowest BCUT2D eigenvalue weighted by atomic mass is 9.86. The molecular formula is C17H24N2O. The van der Waals surface area contributed by atoms with Crippen molar-refractivity contribution < 1.29 is 4.79 Å². The zero-order valence-electron chi connectivity index (χ0n) is 12.7. The van der Waals surface area contributed by atoms with Crippen molar-refractivity contribution in [3.8, 4) is 12.3 Å². The molecule has 0 heterocycles. The van der Waals surface area contributed by atoms with E-state index in [1.807, 2.05) is 19.1 Å². The second-order valence-electron chi connectivity index (χ2n) is 6.12. The Morgan fingerprint density at radius 3 is 2.35 bits per heavy atom. The van der Waals surface area contributed by atoms with Crippen molar-refractivity contribution in [2.24, 2.45) is 5.73 Å². The van der Waals surface area contributed by atoms with E-state index in [1.165, 1.54) is 5.56 Å². The molecule has 0 aliphatic heterocycles. The summed E-state index contributed by atoms with van der Waals surface area (Å²) in [6.07, 6.45) is 5.41. The van der Waals surface area contributed by atoms with E-state index in [4.69, 9.17) is 12.2 Å². The standard InChI is InChI=1S/C17H24N2O/c1-6-7-15(18)16(20)19-12(2)13-8-10-14(11-9-13)17(3,4)5/h1,8-12,15H,7,18H2,2-5H3,(H,19,20). The van der Waals surface area contributed by atoms with Crippen LogP contribution in [-0.4, -0.2) is 11.9 Å². The monoisotopic (exact) mass is 272 g/mol. The SMILES string of the molecule is C#CCC(N)C(=O)NC(C)c1ccc(C(C)(C)C)cc1. The van der Waals surface area contributed by atoms with Crippen molar-refractivity contribution in [3.63, 3.8) is 0 Å². The van der Waals surface area contributed by atoms with Crippen molar-refractivity contribution in [1.82, 2.24) is 5.32 Å². The molecule has 0 spiro atoms. The minimum atomic E-state index is -0.642. The van der Waals surface area contributed by atoms with E-state index in [0.29, 0.717) is 0 Å². The van der Waals surface area contributed by atoms with Crippen LogP contribution >= 0.6 is 0 Å². The third-order valence-electron chi connectivity index (χ3n) is 3.31. The van der Waals surface area contributed by atoms with Crippen molar-refractivity contribution >= 4 is 5.91 Å². The molecule has 3 N–H and O–H groups in total. The highest BCUT2D eigenvalue weighted by Gasteiger charge is 2.17. The molecule has 3 heteroatoms. The number of carbonyl (C=O) groups is 1. The van der Waals surface area contributed by atoms with Crippen LogP contribution in [0.1, 0.15) is 51.3 Å². The largest absolute Gasteiger partial charge is 0.348 e. The van der Waals surface area contributed by atoms with Crippen LogP contribution in [0.3, 0.4) is 0 Å². The summed E-state index contributed by atoms with van der Waals surface area (Å²) in [5, 5.41) is 2.88. The summed E-state index contributed by atoms with van der Waals surface area (Å²) in [6.45, 7) is 8.46. The molecule has 0 saturated carbocycles. The highest BCUT2D eigenvalue weighted by atomic mass is 16.2. The fraction of sp³-hybridized carbons (Fsp3) is 0.471. The lowest BCUT2D eigenvalue weighted by Crippen LogP contribution is -2.41. The molecule has 0 fully saturated rings. The van der Waals surface area contributed by atoms with Crippen molar-refractivity contribution in [3.05, 3.63) is 35.4 Å². The molecule has 0 saturated heterocycles. The first-order chi connectivity index (χ1) is 9.25. The Bertz CT molecular complexity index is 491. The van der Waals surface area contributed by atoms with Gasteiger partial charge in [-0.05, 0) is 23.5 Å². The Morgan fingerprint density at radius 1 is 1.35 bits per heavy atom. The molecule has 0 bridgehead atoms. The summed E-state index contributed by atoms with van der Waals surface area (Å²) < 4.78 is 0. The van der Waals surface area contributed by atoms with E-state index >= 15 is 0 Å². The van der Waals surface area contributed by atoms with Crippen LogP contribution in [0.4, 0.5) is 0 Å². The number of benzene rings is 1. The number of nitrogens with one attached hydrogen (secondary N) is 1. The first-order valence-electron chi connectivity index (χ1n) is 6.85. The van der Waals surface area contributed by atoms with Gasteiger partial charge in [0.05, 0.1) is 12.1 Å². The maximum Gasteiger partial charge on any atom is 0.238 e. The van der Waals surface area contributed by atoms with Crippen LogP contribution in [0.15, 0.2) is 24.3 Å². The Morgan fingerprint density at radius 2 is 1.90 bits per heavy atom. The maximum absolute atomic E-state index is 11.8. The molecule has 0 radical (unpaired) electrons. The number of hydrogen-bond donors (Lipinski definition) is 2. The molecule has 20 heavy (non-hydrogen) atoms. The summed E-state index contributed by atoms with van der Waals surface area (Å²) in [5.74, 6) is 2.19. The number of carbonyl (C=O) groups excluding carboxylic acids is 1. The Labute approximate surface area is 121 Å². The third kappa shape index (κ3) is 4.40. The van der Waals surface area contributed by atoms with Gasteiger partial charge in [-0.3, -0.25) is 4.79 Å². The van der Waals surface area contributed by atoms with E-state index in [0.717, 1.165) is 5.56 Å². The lowest BCUT2D eigenvalue weighted by Gasteiger charge is -2.21. The molecule has 2 unspecified atom stereocenters. The van der Waals surface area contributed by atoms with Crippen LogP contribution in [0.5, 0.6) is 0 Å². The molecular weight excluding hydrogens is 248 g/mol. The van der Waals surface area contributed by atoms with Crippen LogP contribution in [0.25, 0.3) is 0 Å². The molecule has 0 aromatic heterocycles. The van der Waals surface area contributed by atoms with Crippen molar-refractivity contribution in [2.75, 3.05) is 0 Å². The Balaban J connectivity index is 2.71. The Hall–Kier alpha value is -1.79. The highest BCUT2D eigenvalue weighted by Crippen LogP contribution is 2.23. The second-order valence-corrected chi connectivity index (χ2v) is 6.12.